The minimum Gasteiger partial charge on any atom is -0.394 e. The normalized spacial score (nSPS) is 13.3. The van der Waals surface area contributed by atoms with Gasteiger partial charge < -0.3 is 15.5 Å². The highest BCUT2D eigenvalue weighted by Gasteiger charge is 2.17. The molecular weight excluding hydrogens is 453 g/mol. The molecule has 3 heterocycles. The van der Waals surface area contributed by atoms with E-state index in [0.29, 0.717) is 34.0 Å². The maximum Gasteiger partial charge on any atom is 0.266 e. The summed E-state index contributed by atoms with van der Waals surface area (Å²) < 4.78 is 3.13. The van der Waals surface area contributed by atoms with Gasteiger partial charge in [0.05, 0.1) is 59.3 Å². The van der Waals surface area contributed by atoms with Gasteiger partial charge in [0.1, 0.15) is 5.82 Å². The first kappa shape index (κ1) is 22.3. The Kier molecular flexibility index (Phi) is 6.48. The van der Waals surface area contributed by atoms with Crippen molar-refractivity contribution in [2.45, 2.75) is 25.6 Å². The molecule has 0 spiro atoms. The van der Waals surface area contributed by atoms with Crippen molar-refractivity contribution in [3.63, 3.8) is 0 Å². The average molecular weight is 474 g/mol. The van der Waals surface area contributed by atoms with Gasteiger partial charge >= 0.3 is 0 Å². The number of hydrogen-bond donors (Lipinski definition) is 3. The van der Waals surface area contributed by atoms with Crippen LogP contribution in [-0.2, 0) is 6.54 Å². The molecule has 0 aliphatic carbocycles. The van der Waals surface area contributed by atoms with Crippen molar-refractivity contribution in [2.24, 2.45) is 0 Å². The van der Waals surface area contributed by atoms with Crippen LogP contribution in [0.5, 0.6) is 0 Å². The first-order chi connectivity index (χ1) is 15.4. The molecule has 3 N–H and O–H groups in total. The van der Waals surface area contributed by atoms with E-state index in [1.165, 1.54) is 17.0 Å². The number of pyridine rings is 2. The minimum atomic E-state index is -0.802. The van der Waals surface area contributed by atoms with Gasteiger partial charge in [0.2, 0.25) is 0 Å². The molecule has 0 unspecified atom stereocenters. The zero-order valence-electron chi connectivity index (χ0n) is 17.1. The van der Waals surface area contributed by atoms with Crippen LogP contribution in [0.2, 0.25) is 10.0 Å². The van der Waals surface area contributed by atoms with Gasteiger partial charge in [0.25, 0.3) is 5.56 Å². The van der Waals surface area contributed by atoms with E-state index in [-0.39, 0.29) is 17.2 Å². The Labute approximate surface area is 193 Å². The summed E-state index contributed by atoms with van der Waals surface area (Å²) in [6.07, 6.45) is 3.75. The van der Waals surface area contributed by atoms with E-state index in [1.807, 2.05) is 24.3 Å². The van der Waals surface area contributed by atoms with E-state index in [1.54, 1.807) is 29.9 Å². The maximum absolute atomic E-state index is 13.2. The summed E-state index contributed by atoms with van der Waals surface area (Å²) in [6, 6.07) is 10.2. The van der Waals surface area contributed by atoms with E-state index in [4.69, 9.17) is 23.2 Å². The summed E-state index contributed by atoms with van der Waals surface area (Å²) in [6.45, 7) is 1.70. The quantitative estimate of drug-likeness (QED) is 0.380. The third-order valence-electron chi connectivity index (χ3n) is 5.20. The van der Waals surface area contributed by atoms with E-state index in [9.17, 15) is 15.0 Å². The van der Waals surface area contributed by atoms with Gasteiger partial charge in [-0.05, 0) is 24.6 Å². The highest BCUT2D eigenvalue weighted by molar-refractivity contribution is 6.32. The fraction of sp³-hybridized carbons (Fsp3) is 0.227. The molecule has 8 nitrogen and oxygen atoms in total. The lowest BCUT2D eigenvalue weighted by Crippen LogP contribution is -2.35. The molecule has 0 radical (unpaired) electrons. The molecule has 0 bridgehead atoms. The van der Waals surface area contributed by atoms with Crippen LogP contribution in [0.1, 0.15) is 12.5 Å². The molecular formula is C22H21Cl2N5O3. The third kappa shape index (κ3) is 4.35. The van der Waals surface area contributed by atoms with Gasteiger partial charge in [-0.3, -0.25) is 14.0 Å². The van der Waals surface area contributed by atoms with E-state index in [2.05, 4.69) is 15.4 Å². The molecule has 4 aromatic rings. The number of benzene rings is 1. The maximum atomic E-state index is 13.2. The van der Waals surface area contributed by atoms with Crippen molar-refractivity contribution < 1.29 is 10.2 Å². The number of aliphatic hydroxyl groups excluding tert-OH is 2. The number of aliphatic hydroxyl groups is 2. The Morgan fingerprint density at radius 3 is 2.66 bits per heavy atom. The van der Waals surface area contributed by atoms with Crippen LogP contribution < -0.4 is 10.9 Å². The highest BCUT2D eigenvalue weighted by Crippen LogP contribution is 2.23. The average Bonchev–Trinajstić information content (AvgIpc) is 3.18. The minimum absolute atomic E-state index is 0.276. The second kappa shape index (κ2) is 9.30. The van der Waals surface area contributed by atoms with Crippen LogP contribution in [-0.4, -0.2) is 48.3 Å². The summed E-state index contributed by atoms with van der Waals surface area (Å²) in [5, 5.41) is 27.8. The summed E-state index contributed by atoms with van der Waals surface area (Å²) in [7, 11) is 0. The third-order valence-corrected chi connectivity index (χ3v) is 5.86. The molecule has 0 saturated heterocycles. The Balaban J connectivity index is 1.72. The molecule has 32 heavy (non-hydrogen) atoms. The number of rotatable bonds is 7. The molecule has 0 aliphatic rings. The Bertz CT molecular complexity index is 1320. The molecule has 10 heteroatoms. The fourth-order valence-corrected chi connectivity index (χ4v) is 3.77. The van der Waals surface area contributed by atoms with E-state index >= 15 is 0 Å². The predicted molar refractivity (Wildman–Crippen MR) is 125 cm³/mol. The van der Waals surface area contributed by atoms with Crippen LogP contribution in [0.15, 0.2) is 59.8 Å². The SMILES string of the molecule is C[C@@H](O)[C@@H](CO)Nc1cc(-n2ccc3c(cnn3Cc3ccccc3Cl)c2=O)c(Cl)cn1. The Hall–Kier alpha value is -2.91. The van der Waals surface area contributed by atoms with E-state index in [0.717, 1.165) is 5.56 Å². The number of nitrogens with zero attached hydrogens (tertiary/aromatic N) is 4. The monoisotopic (exact) mass is 473 g/mol. The van der Waals surface area contributed by atoms with Crippen molar-refractivity contribution in [1.82, 2.24) is 19.3 Å². The number of anilines is 1. The lowest BCUT2D eigenvalue weighted by atomic mass is 10.2. The zero-order valence-corrected chi connectivity index (χ0v) is 18.6. The predicted octanol–water partition coefficient (Wildman–Crippen LogP) is 3.09. The van der Waals surface area contributed by atoms with Crippen molar-refractivity contribution in [2.75, 3.05) is 11.9 Å². The second-order valence-electron chi connectivity index (χ2n) is 7.38. The van der Waals surface area contributed by atoms with Crippen LogP contribution in [0, 0.1) is 0 Å². The summed E-state index contributed by atoms with van der Waals surface area (Å²) in [5.74, 6) is 0.366. The number of hydrogen-bond acceptors (Lipinski definition) is 6. The number of nitrogens with one attached hydrogen (secondary N) is 1. The van der Waals surface area contributed by atoms with E-state index < -0.39 is 12.1 Å². The standard InChI is InChI=1S/C22H21Cl2N5O3/c1-13(31)18(12-30)27-21-8-20(17(24)10-25-21)28-7-6-19-15(22(28)32)9-26-29(19)11-14-4-2-3-5-16(14)23/h2-10,13,18,30-31H,11-12H2,1H3,(H,25,27)/t13-,18-/m1/s1. The van der Waals surface area contributed by atoms with Gasteiger partial charge in [0.15, 0.2) is 0 Å². The number of fused-ring (bicyclic) bond motifs is 1. The van der Waals surface area contributed by atoms with Gasteiger partial charge in [0, 0.05) is 17.3 Å². The molecule has 166 valence electrons. The lowest BCUT2D eigenvalue weighted by molar-refractivity contribution is 0.132. The first-order valence-electron chi connectivity index (χ1n) is 9.91. The smallest absolute Gasteiger partial charge is 0.266 e. The Morgan fingerprint density at radius 2 is 1.94 bits per heavy atom. The van der Waals surface area contributed by atoms with Gasteiger partial charge in [-0.15, -0.1) is 0 Å². The largest absolute Gasteiger partial charge is 0.394 e. The molecule has 2 atom stereocenters. The number of aromatic nitrogens is 4. The van der Waals surface area contributed by atoms with Gasteiger partial charge in [-0.2, -0.15) is 5.10 Å². The van der Waals surface area contributed by atoms with Crippen LogP contribution >= 0.6 is 23.2 Å². The highest BCUT2D eigenvalue weighted by atomic mass is 35.5. The molecule has 1 aromatic carbocycles. The first-order valence-corrected chi connectivity index (χ1v) is 10.7. The van der Waals surface area contributed by atoms with Crippen molar-refractivity contribution in [3.05, 3.63) is 81.0 Å². The van der Waals surface area contributed by atoms with Gasteiger partial charge in [-0.1, -0.05) is 41.4 Å². The van der Waals surface area contributed by atoms with Crippen LogP contribution in [0.3, 0.4) is 0 Å². The van der Waals surface area contributed by atoms with Crippen LogP contribution in [0.4, 0.5) is 5.82 Å². The molecule has 4 rings (SSSR count). The Morgan fingerprint density at radius 1 is 1.16 bits per heavy atom. The second-order valence-corrected chi connectivity index (χ2v) is 8.19. The van der Waals surface area contributed by atoms with Gasteiger partial charge in [-0.25, -0.2) is 4.98 Å². The number of halogens is 2. The zero-order chi connectivity index (χ0) is 22.8. The fourth-order valence-electron chi connectivity index (χ4n) is 3.38. The van der Waals surface area contributed by atoms with Crippen molar-refractivity contribution >= 4 is 39.9 Å². The van der Waals surface area contributed by atoms with Crippen molar-refractivity contribution in [1.29, 1.82) is 0 Å². The molecule has 0 fully saturated rings. The molecule has 0 amide bonds. The summed E-state index contributed by atoms with van der Waals surface area (Å²) in [4.78, 5) is 17.4. The van der Waals surface area contributed by atoms with Crippen molar-refractivity contribution in [3.8, 4) is 5.69 Å². The molecule has 0 aliphatic heterocycles. The lowest BCUT2D eigenvalue weighted by Gasteiger charge is -2.20. The topological polar surface area (TPSA) is 105 Å². The van der Waals surface area contributed by atoms with Crippen LogP contribution in [0.25, 0.3) is 16.6 Å². The molecule has 0 saturated carbocycles. The summed E-state index contributed by atoms with van der Waals surface area (Å²) in [5.41, 5.74) is 1.69. The molecule has 3 aromatic heterocycles. The summed E-state index contributed by atoms with van der Waals surface area (Å²) >= 11 is 12.6.